The molecule has 0 heterocycles. The first-order valence-electron chi connectivity index (χ1n) is 4.34. The van der Waals surface area contributed by atoms with Gasteiger partial charge in [-0.25, -0.2) is 0 Å². The Balaban J connectivity index is 3.61. The van der Waals surface area contributed by atoms with Crippen LogP contribution in [0.4, 0.5) is 0 Å². The van der Waals surface area contributed by atoms with Crippen molar-refractivity contribution in [2.75, 3.05) is 6.54 Å². The molecular weight excluding hydrogens is 154 g/mol. The smallest absolute Gasteiger partial charge is 0.237 e. The molecule has 0 aromatic carbocycles. The lowest BCUT2D eigenvalue weighted by molar-refractivity contribution is -0.123. The molecule has 0 saturated carbocycles. The summed E-state index contributed by atoms with van der Waals surface area (Å²) >= 11 is 0. The zero-order valence-corrected chi connectivity index (χ0v) is 7.84. The largest absolute Gasteiger partial charge is 0.353 e. The summed E-state index contributed by atoms with van der Waals surface area (Å²) in [6.07, 6.45) is 1.46. The van der Waals surface area contributed by atoms with Gasteiger partial charge in [0, 0.05) is 6.04 Å². The Hall–Kier alpha value is -0.610. The standard InChI is InChI=1S/C8H19N3O/c1-6(2)11-8(12)7(10)4-3-5-9/h6-7H,3-5,9-10H2,1-2H3,(H,11,12). The second-order valence-corrected chi connectivity index (χ2v) is 3.20. The fraction of sp³-hybridized carbons (Fsp3) is 0.875. The van der Waals surface area contributed by atoms with Gasteiger partial charge in [-0.3, -0.25) is 4.79 Å². The third kappa shape index (κ3) is 5.09. The van der Waals surface area contributed by atoms with Crippen LogP contribution in [0.25, 0.3) is 0 Å². The second kappa shape index (κ2) is 5.97. The lowest BCUT2D eigenvalue weighted by Crippen LogP contribution is -2.43. The third-order valence-corrected chi connectivity index (χ3v) is 1.49. The zero-order chi connectivity index (χ0) is 9.56. The average Bonchev–Trinajstić information content (AvgIpc) is 1.98. The number of hydrogen-bond acceptors (Lipinski definition) is 3. The summed E-state index contributed by atoms with van der Waals surface area (Å²) in [6.45, 7) is 4.41. The van der Waals surface area contributed by atoms with Crippen molar-refractivity contribution in [3.8, 4) is 0 Å². The van der Waals surface area contributed by atoms with E-state index in [1.165, 1.54) is 0 Å². The van der Waals surface area contributed by atoms with Gasteiger partial charge in [-0.1, -0.05) is 0 Å². The minimum absolute atomic E-state index is 0.0848. The Kier molecular flexibility index (Phi) is 5.66. The topological polar surface area (TPSA) is 81.1 Å². The van der Waals surface area contributed by atoms with Crippen molar-refractivity contribution in [1.29, 1.82) is 0 Å². The first kappa shape index (κ1) is 11.4. The summed E-state index contributed by atoms with van der Waals surface area (Å²) in [5.74, 6) is -0.0848. The lowest BCUT2D eigenvalue weighted by Gasteiger charge is -2.13. The van der Waals surface area contributed by atoms with Crippen molar-refractivity contribution in [2.24, 2.45) is 11.5 Å². The minimum Gasteiger partial charge on any atom is -0.353 e. The van der Waals surface area contributed by atoms with E-state index in [4.69, 9.17) is 11.5 Å². The molecule has 1 atom stereocenters. The van der Waals surface area contributed by atoms with E-state index in [9.17, 15) is 4.79 Å². The van der Waals surface area contributed by atoms with Gasteiger partial charge in [-0.05, 0) is 33.2 Å². The first-order chi connectivity index (χ1) is 5.57. The van der Waals surface area contributed by atoms with Gasteiger partial charge in [0.15, 0.2) is 0 Å². The number of nitrogens with one attached hydrogen (secondary N) is 1. The molecule has 5 N–H and O–H groups in total. The second-order valence-electron chi connectivity index (χ2n) is 3.20. The van der Waals surface area contributed by atoms with Crippen LogP contribution in [0.15, 0.2) is 0 Å². The van der Waals surface area contributed by atoms with E-state index in [2.05, 4.69) is 5.32 Å². The molecule has 0 aliphatic heterocycles. The van der Waals surface area contributed by atoms with E-state index >= 15 is 0 Å². The fourth-order valence-electron chi connectivity index (χ4n) is 0.860. The molecule has 0 radical (unpaired) electrons. The van der Waals surface area contributed by atoms with E-state index < -0.39 is 6.04 Å². The van der Waals surface area contributed by atoms with E-state index in [0.717, 1.165) is 6.42 Å². The number of hydrogen-bond donors (Lipinski definition) is 3. The molecule has 0 bridgehead atoms. The van der Waals surface area contributed by atoms with Crippen molar-refractivity contribution >= 4 is 5.91 Å². The minimum atomic E-state index is -0.407. The highest BCUT2D eigenvalue weighted by molar-refractivity contribution is 5.81. The number of carbonyl (C=O) groups excluding carboxylic acids is 1. The molecule has 12 heavy (non-hydrogen) atoms. The maximum Gasteiger partial charge on any atom is 0.237 e. The summed E-state index contributed by atoms with van der Waals surface area (Å²) < 4.78 is 0. The Bertz CT molecular complexity index is 136. The molecule has 1 amide bonds. The predicted octanol–water partition coefficient (Wildman–Crippen LogP) is -0.423. The van der Waals surface area contributed by atoms with E-state index in [1.807, 2.05) is 13.8 Å². The summed E-state index contributed by atoms with van der Waals surface area (Å²) in [6, 6.07) is -0.252. The zero-order valence-electron chi connectivity index (χ0n) is 7.84. The highest BCUT2D eigenvalue weighted by Crippen LogP contribution is 1.93. The van der Waals surface area contributed by atoms with Crippen LogP contribution in [0.2, 0.25) is 0 Å². The van der Waals surface area contributed by atoms with Crippen LogP contribution < -0.4 is 16.8 Å². The van der Waals surface area contributed by atoms with Crippen molar-refractivity contribution in [3.63, 3.8) is 0 Å². The molecule has 0 aromatic heterocycles. The molecule has 72 valence electrons. The molecule has 0 fully saturated rings. The van der Waals surface area contributed by atoms with Gasteiger partial charge in [0.2, 0.25) is 5.91 Å². The summed E-state index contributed by atoms with van der Waals surface area (Å²) in [4.78, 5) is 11.2. The van der Waals surface area contributed by atoms with E-state index in [1.54, 1.807) is 0 Å². The molecule has 0 aliphatic carbocycles. The van der Waals surface area contributed by atoms with Gasteiger partial charge >= 0.3 is 0 Å². The first-order valence-corrected chi connectivity index (χ1v) is 4.34. The van der Waals surface area contributed by atoms with Gasteiger partial charge in [-0.15, -0.1) is 0 Å². The molecule has 4 heteroatoms. The average molecular weight is 173 g/mol. The summed E-state index contributed by atoms with van der Waals surface area (Å²) in [7, 11) is 0. The van der Waals surface area contributed by atoms with Crippen molar-refractivity contribution in [1.82, 2.24) is 5.32 Å². The molecule has 0 spiro atoms. The van der Waals surface area contributed by atoms with Gasteiger partial charge in [0.25, 0.3) is 0 Å². The van der Waals surface area contributed by atoms with Crippen LogP contribution in [-0.4, -0.2) is 24.5 Å². The number of amides is 1. The molecular formula is C8H19N3O. The monoisotopic (exact) mass is 173 g/mol. The van der Waals surface area contributed by atoms with Crippen LogP contribution >= 0.6 is 0 Å². The van der Waals surface area contributed by atoms with Crippen molar-refractivity contribution in [2.45, 2.75) is 38.8 Å². The van der Waals surface area contributed by atoms with Crippen molar-refractivity contribution < 1.29 is 4.79 Å². The van der Waals surface area contributed by atoms with E-state index in [0.29, 0.717) is 13.0 Å². The molecule has 1 unspecified atom stereocenters. The van der Waals surface area contributed by atoms with Crippen LogP contribution in [-0.2, 0) is 4.79 Å². The molecule has 0 aromatic rings. The Labute approximate surface area is 73.7 Å². The SMILES string of the molecule is CC(C)NC(=O)C(N)CCCN. The highest BCUT2D eigenvalue weighted by Gasteiger charge is 2.12. The maximum absolute atomic E-state index is 11.2. The highest BCUT2D eigenvalue weighted by atomic mass is 16.2. The van der Waals surface area contributed by atoms with Gasteiger partial charge in [-0.2, -0.15) is 0 Å². The summed E-state index contributed by atoms with van der Waals surface area (Å²) in [5.41, 5.74) is 10.9. The number of carbonyl (C=O) groups is 1. The van der Waals surface area contributed by atoms with Crippen LogP contribution in [0.5, 0.6) is 0 Å². The molecule has 4 nitrogen and oxygen atoms in total. The molecule has 0 saturated heterocycles. The van der Waals surface area contributed by atoms with Crippen LogP contribution in [0, 0.1) is 0 Å². The Morgan fingerprint density at radius 3 is 2.50 bits per heavy atom. The fourth-order valence-corrected chi connectivity index (χ4v) is 0.860. The Morgan fingerprint density at radius 1 is 1.50 bits per heavy atom. The van der Waals surface area contributed by atoms with Gasteiger partial charge in [0.05, 0.1) is 6.04 Å². The normalized spacial score (nSPS) is 13.1. The quantitative estimate of drug-likeness (QED) is 0.528. The lowest BCUT2D eigenvalue weighted by atomic mass is 10.1. The van der Waals surface area contributed by atoms with Gasteiger partial charge in [0.1, 0.15) is 0 Å². The van der Waals surface area contributed by atoms with Crippen LogP contribution in [0.3, 0.4) is 0 Å². The molecule has 0 aliphatic rings. The third-order valence-electron chi connectivity index (χ3n) is 1.49. The van der Waals surface area contributed by atoms with Gasteiger partial charge < -0.3 is 16.8 Å². The Morgan fingerprint density at radius 2 is 2.08 bits per heavy atom. The number of nitrogens with two attached hydrogens (primary N) is 2. The maximum atomic E-state index is 11.2. The number of rotatable bonds is 5. The van der Waals surface area contributed by atoms with Crippen molar-refractivity contribution in [3.05, 3.63) is 0 Å². The predicted molar refractivity (Wildman–Crippen MR) is 49.5 cm³/mol. The summed E-state index contributed by atoms with van der Waals surface area (Å²) in [5, 5.41) is 2.75. The van der Waals surface area contributed by atoms with E-state index in [-0.39, 0.29) is 11.9 Å². The van der Waals surface area contributed by atoms with Crippen LogP contribution in [0.1, 0.15) is 26.7 Å². The molecule has 0 rings (SSSR count).